The van der Waals surface area contributed by atoms with Gasteiger partial charge in [0, 0.05) is 0 Å². The van der Waals surface area contributed by atoms with Gasteiger partial charge in [-0.25, -0.2) is 0 Å². The number of benzene rings is 2. The van der Waals surface area contributed by atoms with Crippen LogP contribution in [0.1, 0.15) is 35.2 Å². The molecule has 0 saturated carbocycles. The molecule has 0 fully saturated rings. The van der Waals surface area contributed by atoms with Crippen molar-refractivity contribution < 1.29 is 4.74 Å². The molecule has 0 bridgehead atoms. The summed E-state index contributed by atoms with van der Waals surface area (Å²) >= 11 is 0. The summed E-state index contributed by atoms with van der Waals surface area (Å²) in [6.07, 6.45) is 1.03. The second-order valence-corrected chi connectivity index (χ2v) is 5.51. The van der Waals surface area contributed by atoms with Crippen LogP contribution in [0.5, 0.6) is 5.75 Å². The number of aryl methyl sites for hydroxylation is 3. The van der Waals surface area contributed by atoms with Crippen LogP contribution in [0.15, 0.2) is 42.5 Å². The molecular formula is C19H25NO. The van der Waals surface area contributed by atoms with Gasteiger partial charge >= 0.3 is 0 Å². The van der Waals surface area contributed by atoms with Gasteiger partial charge in [-0.3, -0.25) is 0 Å². The fourth-order valence-electron chi connectivity index (χ4n) is 2.50. The highest BCUT2D eigenvalue weighted by molar-refractivity contribution is 5.33. The second kappa shape index (κ2) is 7.28. The van der Waals surface area contributed by atoms with E-state index in [1.165, 1.54) is 22.3 Å². The van der Waals surface area contributed by atoms with Gasteiger partial charge in [0.1, 0.15) is 12.4 Å². The molecule has 0 aliphatic heterocycles. The van der Waals surface area contributed by atoms with Gasteiger partial charge in [-0.15, -0.1) is 0 Å². The standard InChI is InChI=1S/C19H25NO/c1-5-16-7-6-8-17(12-16)21-13-19(20-4)18-11-14(2)9-10-15(18)3/h6-12,19-20H,5,13H2,1-4H3. The smallest absolute Gasteiger partial charge is 0.119 e. The van der Waals surface area contributed by atoms with E-state index in [9.17, 15) is 0 Å². The van der Waals surface area contributed by atoms with Crippen molar-refractivity contribution in [2.75, 3.05) is 13.7 Å². The lowest BCUT2D eigenvalue weighted by molar-refractivity contribution is 0.272. The first-order valence-corrected chi connectivity index (χ1v) is 7.60. The van der Waals surface area contributed by atoms with E-state index in [2.05, 4.69) is 62.5 Å². The van der Waals surface area contributed by atoms with Gasteiger partial charge in [-0.05, 0) is 56.1 Å². The molecule has 0 spiro atoms. The van der Waals surface area contributed by atoms with Crippen molar-refractivity contribution in [2.45, 2.75) is 33.2 Å². The Kier molecular flexibility index (Phi) is 5.40. The first-order valence-electron chi connectivity index (χ1n) is 7.60. The van der Waals surface area contributed by atoms with E-state index >= 15 is 0 Å². The first-order chi connectivity index (χ1) is 10.1. The van der Waals surface area contributed by atoms with Crippen LogP contribution < -0.4 is 10.1 Å². The molecule has 0 aromatic heterocycles. The maximum absolute atomic E-state index is 5.99. The zero-order valence-electron chi connectivity index (χ0n) is 13.4. The molecule has 1 atom stereocenters. The van der Waals surface area contributed by atoms with Crippen molar-refractivity contribution in [3.05, 3.63) is 64.7 Å². The Morgan fingerprint density at radius 2 is 1.90 bits per heavy atom. The predicted molar refractivity (Wildman–Crippen MR) is 89.0 cm³/mol. The number of rotatable bonds is 6. The molecule has 2 aromatic rings. The van der Waals surface area contributed by atoms with Crippen LogP contribution in [0.4, 0.5) is 0 Å². The van der Waals surface area contributed by atoms with Crippen molar-refractivity contribution in [3.63, 3.8) is 0 Å². The fraction of sp³-hybridized carbons (Fsp3) is 0.368. The van der Waals surface area contributed by atoms with Gasteiger partial charge in [0.15, 0.2) is 0 Å². The van der Waals surface area contributed by atoms with Gasteiger partial charge < -0.3 is 10.1 Å². The molecule has 0 aliphatic carbocycles. The predicted octanol–water partition coefficient (Wildman–Crippen LogP) is 4.21. The molecule has 2 heteroatoms. The summed E-state index contributed by atoms with van der Waals surface area (Å²) in [5, 5.41) is 3.36. The highest BCUT2D eigenvalue weighted by Gasteiger charge is 2.13. The maximum atomic E-state index is 5.99. The third-order valence-electron chi connectivity index (χ3n) is 3.88. The molecule has 21 heavy (non-hydrogen) atoms. The second-order valence-electron chi connectivity index (χ2n) is 5.51. The molecule has 0 heterocycles. The van der Waals surface area contributed by atoms with Crippen molar-refractivity contribution in [3.8, 4) is 5.75 Å². The zero-order valence-corrected chi connectivity index (χ0v) is 13.4. The third kappa shape index (κ3) is 4.08. The first kappa shape index (κ1) is 15.6. The molecule has 0 aliphatic rings. The van der Waals surface area contributed by atoms with Gasteiger partial charge in [-0.2, -0.15) is 0 Å². The van der Waals surface area contributed by atoms with E-state index in [-0.39, 0.29) is 6.04 Å². The van der Waals surface area contributed by atoms with Crippen LogP contribution in [-0.4, -0.2) is 13.7 Å². The average molecular weight is 283 g/mol. The largest absolute Gasteiger partial charge is 0.492 e. The molecule has 112 valence electrons. The minimum absolute atomic E-state index is 0.204. The average Bonchev–Trinajstić information content (AvgIpc) is 2.51. The summed E-state index contributed by atoms with van der Waals surface area (Å²) in [5.74, 6) is 0.944. The monoisotopic (exact) mass is 283 g/mol. The summed E-state index contributed by atoms with van der Waals surface area (Å²) in [6.45, 7) is 7.07. The number of nitrogens with one attached hydrogen (secondary N) is 1. The lowest BCUT2D eigenvalue weighted by Crippen LogP contribution is -2.24. The van der Waals surface area contributed by atoms with Crippen LogP contribution >= 0.6 is 0 Å². The Morgan fingerprint density at radius 1 is 1.10 bits per heavy atom. The maximum Gasteiger partial charge on any atom is 0.119 e. The molecule has 1 N–H and O–H groups in total. The molecule has 2 aromatic carbocycles. The van der Waals surface area contributed by atoms with E-state index in [0.717, 1.165) is 12.2 Å². The highest BCUT2D eigenvalue weighted by atomic mass is 16.5. The van der Waals surface area contributed by atoms with Gasteiger partial charge in [0.25, 0.3) is 0 Å². The van der Waals surface area contributed by atoms with Crippen molar-refractivity contribution >= 4 is 0 Å². The van der Waals surface area contributed by atoms with E-state index in [1.54, 1.807) is 0 Å². The van der Waals surface area contributed by atoms with E-state index < -0.39 is 0 Å². The van der Waals surface area contributed by atoms with Crippen molar-refractivity contribution in [1.82, 2.24) is 5.32 Å². The van der Waals surface area contributed by atoms with Crippen LogP contribution in [0, 0.1) is 13.8 Å². The molecule has 0 saturated heterocycles. The molecule has 2 rings (SSSR count). The van der Waals surface area contributed by atoms with Crippen molar-refractivity contribution in [2.24, 2.45) is 0 Å². The minimum Gasteiger partial charge on any atom is -0.492 e. The quantitative estimate of drug-likeness (QED) is 0.857. The molecule has 1 unspecified atom stereocenters. The summed E-state index contributed by atoms with van der Waals surface area (Å²) in [4.78, 5) is 0. The SMILES string of the molecule is CCc1cccc(OCC(NC)c2cc(C)ccc2C)c1. The lowest BCUT2D eigenvalue weighted by atomic mass is 9.99. The normalized spacial score (nSPS) is 12.2. The lowest BCUT2D eigenvalue weighted by Gasteiger charge is -2.20. The van der Waals surface area contributed by atoms with Crippen LogP contribution in [0.3, 0.4) is 0 Å². The summed E-state index contributed by atoms with van der Waals surface area (Å²) < 4.78 is 5.99. The van der Waals surface area contributed by atoms with Gasteiger partial charge in [-0.1, -0.05) is 42.8 Å². The highest BCUT2D eigenvalue weighted by Crippen LogP contribution is 2.21. The minimum atomic E-state index is 0.204. The number of likely N-dealkylation sites (N-methyl/N-ethyl adjacent to an activating group) is 1. The van der Waals surface area contributed by atoms with E-state index in [4.69, 9.17) is 4.74 Å². The molecule has 0 amide bonds. The van der Waals surface area contributed by atoms with Crippen LogP contribution in [0.25, 0.3) is 0 Å². The van der Waals surface area contributed by atoms with E-state index in [0.29, 0.717) is 6.61 Å². The van der Waals surface area contributed by atoms with Gasteiger partial charge in [0.05, 0.1) is 6.04 Å². The Bertz CT molecular complexity index is 592. The Morgan fingerprint density at radius 3 is 2.62 bits per heavy atom. The number of hydrogen-bond donors (Lipinski definition) is 1. The van der Waals surface area contributed by atoms with Crippen molar-refractivity contribution in [1.29, 1.82) is 0 Å². The summed E-state index contributed by atoms with van der Waals surface area (Å²) in [6, 6.07) is 15.1. The molecular weight excluding hydrogens is 258 g/mol. The summed E-state index contributed by atoms with van der Waals surface area (Å²) in [5.41, 5.74) is 5.19. The van der Waals surface area contributed by atoms with Crippen LogP contribution in [-0.2, 0) is 6.42 Å². The molecule has 2 nitrogen and oxygen atoms in total. The topological polar surface area (TPSA) is 21.3 Å². The molecule has 0 radical (unpaired) electrons. The Hall–Kier alpha value is -1.80. The Labute approximate surface area is 128 Å². The van der Waals surface area contributed by atoms with Gasteiger partial charge in [0.2, 0.25) is 0 Å². The number of hydrogen-bond acceptors (Lipinski definition) is 2. The Balaban J connectivity index is 2.10. The zero-order chi connectivity index (χ0) is 15.2. The summed E-state index contributed by atoms with van der Waals surface area (Å²) in [7, 11) is 1.98. The number of ether oxygens (including phenoxy) is 1. The third-order valence-corrected chi connectivity index (χ3v) is 3.88. The van der Waals surface area contributed by atoms with E-state index in [1.807, 2.05) is 13.1 Å². The van der Waals surface area contributed by atoms with Crippen LogP contribution in [0.2, 0.25) is 0 Å². The fourth-order valence-corrected chi connectivity index (χ4v) is 2.50.